The molecule has 12 amide bonds. The quantitative estimate of drug-likeness (QED) is 0.0319. The fourth-order valence-corrected chi connectivity index (χ4v) is 15.9. The summed E-state index contributed by atoms with van der Waals surface area (Å²) in [4.78, 5) is 112. The Hall–Kier alpha value is -5.38. The number of carbonyl (C=O) groups is 9. The molecule has 9 atom stereocenters. The summed E-state index contributed by atoms with van der Waals surface area (Å²) >= 11 is 5.61. The molecule has 0 aliphatic carbocycles. The number of carbonyl (C=O) groups excluding carboxylic acids is 9. The number of hydrogen-bond donors (Lipinski definition) is 12. The first-order valence-corrected chi connectivity index (χ1v) is 35.4. The number of amides is 12. The van der Waals surface area contributed by atoms with Gasteiger partial charge in [0.25, 0.3) is 17.7 Å². The summed E-state index contributed by atoms with van der Waals surface area (Å²) in [5, 5.41) is 36.0. The molecule has 510 valence electrons. The van der Waals surface area contributed by atoms with E-state index in [0.29, 0.717) is 101 Å². The van der Waals surface area contributed by atoms with E-state index in [9.17, 15) is 43.2 Å². The molecule has 9 unspecified atom stereocenters. The van der Waals surface area contributed by atoms with Gasteiger partial charge in [-0.3, -0.25) is 28.8 Å². The summed E-state index contributed by atoms with van der Waals surface area (Å²) in [6, 6.07) is 5.03. The molecular weight excluding hydrogens is 1240 g/mol. The summed E-state index contributed by atoms with van der Waals surface area (Å²) in [7, 11) is 0. The average Bonchev–Trinajstić information content (AvgIpc) is 3.35. The van der Waals surface area contributed by atoms with E-state index >= 15 is 0 Å². The van der Waals surface area contributed by atoms with E-state index in [1.54, 1.807) is 0 Å². The third kappa shape index (κ3) is 27.2. The SMILES string of the molecule is O=C(CCCCC1SCC2NC(=O)NC21)NCCCOCCOCCOCCNC(=O)c1cc(C(=O)NCCOCCOCCNC(=O)CCCCC2SCC3NC(=O)NC32)cc(C(=O)NCCOCCOCCNC(=O)CCCCC2SCC3NC(=O)NC32)c1. The second kappa shape index (κ2) is 42.1. The Labute approximate surface area is 545 Å². The van der Waals surface area contributed by atoms with E-state index in [4.69, 9.17) is 33.2 Å². The Bertz CT molecular complexity index is 2370. The van der Waals surface area contributed by atoms with Crippen molar-refractivity contribution >= 4 is 88.8 Å². The fourth-order valence-electron chi connectivity index (χ4n) is 11.2. The smallest absolute Gasteiger partial charge is 0.315 e. The first-order chi connectivity index (χ1) is 44.4. The van der Waals surface area contributed by atoms with Crippen LogP contribution in [0.3, 0.4) is 0 Å². The second-order valence-electron chi connectivity index (χ2n) is 22.9. The van der Waals surface area contributed by atoms with Gasteiger partial charge >= 0.3 is 18.1 Å². The maximum Gasteiger partial charge on any atom is 0.315 e. The number of hydrogen-bond acceptors (Lipinski definition) is 19. The molecule has 6 saturated heterocycles. The lowest BCUT2D eigenvalue weighted by atomic mass is 10.0. The minimum absolute atomic E-state index is 0.0265. The van der Waals surface area contributed by atoms with Gasteiger partial charge in [-0.1, -0.05) is 19.3 Å². The average molecular weight is 1340 g/mol. The van der Waals surface area contributed by atoms with Crippen molar-refractivity contribution in [1.82, 2.24) is 63.8 Å². The number of ether oxygens (including phenoxy) is 7. The lowest BCUT2D eigenvalue weighted by Crippen LogP contribution is -2.36. The van der Waals surface area contributed by atoms with Crippen molar-refractivity contribution in [2.45, 2.75) is 135 Å². The Morgan fingerprint density at radius 1 is 0.341 bits per heavy atom. The normalized spacial score (nSPS) is 22.5. The molecule has 1 aromatic carbocycles. The Kier molecular flexibility index (Phi) is 33.8. The first kappa shape index (κ1) is 73.0. The highest BCUT2D eigenvalue weighted by atomic mass is 32.2. The highest BCUT2D eigenvalue weighted by Gasteiger charge is 2.44. The molecule has 31 heteroatoms. The van der Waals surface area contributed by atoms with Gasteiger partial charge in [0, 0.05) is 115 Å². The molecule has 6 heterocycles. The monoisotopic (exact) mass is 1340 g/mol. The van der Waals surface area contributed by atoms with Crippen LogP contribution in [0.25, 0.3) is 0 Å². The molecule has 1 aromatic rings. The lowest BCUT2D eigenvalue weighted by Gasteiger charge is -2.16. The van der Waals surface area contributed by atoms with Crippen LogP contribution >= 0.6 is 35.3 Å². The van der Waals surface area contributed by atoms with E-state index in [0.717, 1.165) is 75.0 Å². The van der Waals surface area contributed by atoms with Gasteiger partial charge in [0.05, 0.1) is 122 Å². The molecule has 0 spiro atoms. The molecule has 0 saturated carbocycles. The van der Waals surface area contributed by atoms with Gasteiger partial charge in [-0.15, -0.1) is 0 Å². The third-order valence-electron chi connectivity index (χ3n) is 16.0. The van der Waals surface area contributed by atoms with Crippen LogP contribution in [-0.2, 0) is 47.5 Å². The van der Waals surface area contributed by atoms with Gasteiger partial charge in [-0.05, 0) is 63.1 Å². The van der Waals surface area contributed by atoms with Gasteiger partial charge in [0.2, 0.25) is 17.7 Å². The van der Waals surface area contributed by atoms with Crippen molar-refractivity contribution in [3.63, 3.8) is 0 Å². The number of nitrogens with one attached hydrogen (secondary N) is 12. The second-order valence-corrected chi connectivity index (χ2v) is 26.7. The van der Waals surface area contributed by atoms with E-state index in [1.807, 2.05) is 35.3 Å². The number of rotatable bonds is 49. The first-order valence-electron chi connectivity index (χ1n) is 32.3. The highest BCUT2D eigenvalue weighted by molar-refractivity contribution is 8.00. The van der Waals surface area contributed by atoms with E-state index < -0.39 is 17.7 Å². The van der Waals surface area contributed by atoms with Crippen LogP contribution in [0.2, 0.25) is 0 Å². The van der Waals surface area contributed by atoms with E-state index in [-0.39, 0.29) is 161 Å². The van der Waals surface area contributed by atoms with Gasteiger partial charge in [0.15, 0.2) is 0 Å². The zero-order chi connectivity index (χ0) is 64.3. The van der Waals surface area contributed by atoms with Crippen LogP contribution in [0.1, 0.15) is 115 Å². The van der Waals surface area contributed by atoms with Crippen LogP contribution < -0.4 is 63.8 Å². The largest absolute Gasteiger partial charge is 0.379 e. The van der Waals surface area contributed by atoms with Gasteiger partial charge < -0.3 is 97.0 Å². The maximum atomic E-state index is 13.4. The van der Waals surface area contributed by atoms with E-state index in [1.165, 1.54) is 18.2 Å². The number of benzene rings is 1. The van der Waals surface area contributed by atoms with Crippen LogP contribution in [0, 0.1) is 0 Å². The zero-order valence-electron chi connectivity index (χ0n) is 52.1. The molecule has 91 heavy (non-hydrogen) atoms. The standard InChI is InChI=1S/C60H96N12O16S3/c73-49(11-4-1-8-46-52-43(37-89-46)67-58(79)70-52)61-14-7-20-82-26-32-88-33-31-87-25-19-66-57(78)42-35-40(55(76)64-17-23-85-29-27-83-21-15-62-50(74)12-5-2-9-47-53-44(38-90-47)68-59(80)71-53)34-41(36-42)56(77)65-18-24-86-30-28-84-22-16-63-51(75)13-6-3-10-48-54-45(39-91-48)69-60(81)72-54/h34-36,43-48,52-54H,1-33,37-39H2,(H,61,73)(H,62,74)(H,63,75)(H,64,76)(H,65,77)(H,66,78)(H2,67,70,79)(H2,68,71,80)(H2,69,72,81). The molecule has 7 rings (SSSR count). The molecule has 6 aliphatic rings. The number of fused-ring (bicyclic) bond motifs is 3. The van der Waals surface area contributed by atoms with Crippen molar-refractivity contribution in [3.05, 3.63) is 34.9 Å². The summed E-state index contributed by atoms with van der Waals surface area (Å²) in [5.41, 5.74) is 0.267. The molecular formula is C60H96N12O16S3. The van der Waals surface area contributed by atoms with Crippen molar-refractivity contribution in [1.29, 1.82) is 0 Å². The molecule has 6 aliphatic heterocycles. The molecule has 28 nitrogen and oxygen atoms in total. The summed E-state index contributed by atoms with van der Waals surface area (Å²) in [5.74, 6) is 1.15. The minimum Gasteiger partial charge on any atom is -0.379 e. The predicted molar refractivity (Wildman–Crippen MR) is 345 cm³/mol. The molecule has 0 aromatic heterocycles. The predicted octanol–water partition coefficient (Wildman–Crippen LogP) is 0.908. The Balaban J connectivity index is 0.704. The summed E-state index contributed by atoms with van der Waals surface area (Å²) < 4.78 is 39.3. The Morgan fingerprint density at radius 2 is 0.615 bits per heavy atom. The molecule has 0 bridgehead atoms. The van der Waals surface area contributed by atoms with Gasteiger partial charge in [-0.25, -0.2) is 14.4 Å². The zero-order valence-corrected chi connectivity index (χ0v) is 54.6. The van der Waals surface area contributed by atoms with Crippen molar-refractivity contribution in [2.75, 3.05) is 149 Å². The van der Waals surface area contributed by atoms with Crippen molar-refractivity contribution in [3.8, 4) is 0 Å². The molecule has 12 N–H and O–H groups in total. The fraction of sp³-hybridized carbons (Fsp3) is 0.750. The van der Waals surface area contributed by atoms with Crippen LogP contribution in [0.5, 0.6) is 0 Å². The van der Waals surface area contributed by atoms with E-state index in [2.05, 4.69) is 63.8 Å². The van der Waals surface area contributed by atoms with Crippen LogP contribution in [-0.4, -0.2) is 255 Å². The topological polar surface area (TPSA) is 363 Å². The lowest BCUT2D eigenvalue weighted by molar-refractivity contribution is -0.122. The minimum atomic E-state index is -0.520. The molecule has 0 radical (unpaired) electrons. The van der Waals surface area contributed by atoms with Gasteiger partial charge in [-0.2, -0.15) is 35.3 Å². The highest BCUT2D eigenvalue weighted by Crippen LogP contribution is 2.35. The van der Waals surface area contributed by atoms with Crippen LogP contribution in [0.4, 0.5) is 14.4 Å². The Morgan fingerprint density at radius 3 is 0.934 bits per heavy atom. The molecule has 6 fully saturated rings. The van der Waals surface area contributed by atoms with Crippen molar-refractivity contribution < 1.29 is 76.3 Å². The number of unbranched alkanes of at least 4 members (excludes halogenated alkanes) is 3. The van der Waals surface area contributed by atoms with Crippen molar-refractivity contribution in [2.24, 2.45) is 0 Å². The summed E-state index contributed by atoms with van der Waals surface area (Å²) in [6.45, 7) is 5.73. The third-order valence-corrected chi connectivity index (χ3v) is 20.5. The summed E-state index contributed by atoms with van der Waals surface area (Å²) in [6.07, 6.45) is 9.98. The maximum absolute atomic E-state index is 13.4. The van der Waals surface area contributed by atoms with Gasteiger partial charge in [0.1, 0.15) is 0 Å². The van der Waals surface area contributed by atoms with Crippen LogP contribution in [0.15, 0.2) is 18.2 Å². The number of urea groups is 3. The number of thioether (sulfide) groups is 3.